The maximum absolute atomic E-state index is 11.4. The first kappa shape index (κ1) is 18.5. The van der Waals surface area contributed by atoms with E-state index in [4.69, 9.17) is 4.98 Å². The molecule has 142 valence electrons. The molecule has 0 amide bonds. The number of aromatic carboxylic acids is 1. The highest BCUT2D eigenvalue weighted by Gasteiger charge is 2.15. The topological polar surface area (TPSA) is 93.3 Å². The van der Waals surface area contributed by atoms with Gasteiger partial charge in [0.05, 0.1) is 16.2 Å². The van der Waals surface area contributed by atoms with Gasteiger partial charge in [0.1, 0.15) is 5.01 Å². The Morgan fingerprint density at radius 1 is 0.897 bits per heavy atom. The average Bonchev–Trinajstić information content (AvgIpc) is 3.24. The molecule has 0 aliphatic heterocycles. The summed E-state index contributed by atoms with van der Waals surface area (Å²) in [6, 6.07) is 21.1. The molecular weight excluding hydrogens is 388 g/mol. The molecule has 0 unspecified atom stereocenters. The Bertz CT molecular complexity index is 1190. The first-order chi connectivity index (χ1) is 14.0. The molecule has 3 aromatic carbocycles. The van der Waals surface area contributed by atoms with Gasteiger partial charge in [-0.3, -0.25) is 10.1 Å². The van der Waals surface area contributed by atoms with Gasteiger partial charge in [-0.2, -0.15) is 0 Å². The van der Waals surface area contributed by atoms with Crippen molar-refractivity contribution in [3.63, 3.8) is 0 Å². The highest BCUT2D eigenvalue weighted by atomic mass is 32.1. The Balaban J connectivity index is 1.74. The molecule has 4 rings (SSSR count). The summed E-state index contributed by atoms with van der Waals surface area (Å²) in [5.41, 5.74) is 3.44. The Morgan fingerprint density at radius 2 is 1.62 bits per heavy atom. The van der Waals surface area contributed by atoms with Gasteiger partial charge >= 0.3 is 5.97 Å². The Labute approximate surface area is 169 Å². The molecule has 1 N–H and O–H groups in total. The lowest BCUT2D eigenvalue weighted by Crippen LogP contribution is -1.99. The van der Waals surface area contributed by atoms with E-state index in [9.17, 15) is 20.0 Å². The van der Waals surface area contributed by atoms with E-state index in [0.717, 1.165) is 27.9 Å². The first-order valence-electron chi connectivity index (χ1n) is 8.66. The molecule has 0 spiro atoms. The van der Waals surface area contributed by atoms with Gasteiger partial charge in [0.2, 0.25) is 0 Å². The van der Waals surface area contributed by atoms with E-state index in [1.54, 1.807) is 6.07 Å². The highest BCUT2D eigenvalue weighted by molar-refractivity contribution is 7.13. The van der Waals surface area contributed by atoms with E-state index in [2.05, 4.69) is 0 Å². The number of carboxylic acids is 1. The Hall–Kier alpha value is -3.84. The van der Waals surface area contributed by atoms with Crippen molar-refractivity contribution in [1.82, 2.24) is 4.98 Å². The van der Waals surface area contributed by atoms with Crippen molar-refractivity contribution in [2.24, 2.45) is 0 Å². The maximum atomic E-state index is 11.4. The molecule has 6 nitrogen and oxygen atoms in total. The molecule has 0 saturated carbocycles. The van der Waals surface area contributed by atoms with Gasteiger partial charge in [0, 0.05) is 28.6 Å². The molecule has 0 fully saturated rings. The van der Waals surface area contributed by atoms with Crippen LogP contribution in [0.2, 0.25) is 0 Å². The number of non-ortho nitro benzene ring substituents is 1. The predicted octanol–water partition coefficient (Wildman–Crippen LogP) is 5.75. The third kappa shape index (κ3) is 3.90. The van der Waals surface area contributed by atoms with E-state index < -0.39 is 10.9 Å². The molecule has 0 atom stereocenters. The standard InChI is InChI=1S/C22H14N2O4S/c25-22(26)18-10-17(11-19(12-18)24(27)28)15-7-4-8-16(9-15)20-13-29-21(23-20)14-5-2-1-3-6-14/h1-13H,(H,25,26). The molecule has 1 heterocycles. The van der Waals surface area contributed by atoms with Crippen molar-refractivity contribution in [3.05, 3.63) is 93.9 Å². The molecule has 0 saturated heterocycles. The van der Waals surface area contributed by atoms with E-state index in [1.807, 2.05) is 53.9 Å². The van der Waals surface area contributed by atoms with Crippen LogP contribution in [0.3, 0.4) is 0 Å². The van der Waals surface area contributed by atoms with Crippen molar-refractivity contribution in [3.8, 4) is 33.0 Å². The van der Waals surface area contributed by atoms with Crippen molar-refractivity contribution >= 4 is 23.0 Å². The molecule has 1 aromatic heterocycles. The number of nitro benzene ring substituents is 1. The van der Waals surface area contributed by atoms with Crippen LogP contribution in [0.1, 0.15) is 10.4 Å². The number of benzene rings is 3. The summed E-state index contributed by atoms with van der Waals surface area (Å²) in [5, 5.41) is 23.3. The number of carbonyl (C=O) groups is 1. The summed E-state index contributed by atoms with van der Waals surface area (Å²) in [7, 11) is 0. The largest absolute Gasteiger partial charge is 0.478 e. The highest BCUT2D eigenvalue weighted by Crippen LogP contribution is 2.32. The van der Waals surface area contributed by atoms with Gasteiger partial charge < -0.3 is 5.11 Å². The van der Waals surface area contributed by atoms with Crippen LogP contribution in [0.25, 0.3) is 33.0 Å². The van der Waals surface area contributed by atoms with Gasteiger partial charge in [-0.1, -0.05) is 48.5 Å². The molecule has 4 aromatic rings. The molecule has 0 aliphatic rings. The second-order valence-corrected chi connectivity index (χ2v) is 7.17. The van der Waals surface area contributed by atoms with Crippen LogP contribution in [0, 0.1) is 10.1 Å². The van der Waals surface area contributed by atoms with Crippen LogP contribution in [-0.4, -0.2) is 21.0 Å². The number of carboxylic acid groups (broad SMARTS) is 1. The minimum atomic E-state index is -1.21. The molecule has 0 aliphatic carbocycles. The number of nitro groups is 1. The second kappa shape index (κ2) is 7.65. The number of thiazole rings is 1. The van der Waals surface area contributed by atoms with Gasteiger partial charge in [-0.05, 0) is 23.3 Å². The third-order valence-corrected chi connectivity index (χ3v) is 5.28. The lowest BCUT2D eigenvalue weighted by atomic mass is 9.99. The zero-order chi connectivity index (χ0) is 20.4. The normalized spacial score (nSPS) is 10.6. The predicted molar refractivity (Wildman–Crippen MR) is 112 cm³/mol. The lowest BCUT2D eigenvalue weighted by Gasteiger charge is -2.06. The lowest BCUT2D eigenvalue weighted by molar-refractivity contribution is -0.384. The first-order valence-corrected chi connectivity index (χ1v) is 9.54. The summed E-state index contributed by atoms with van der Waals surface area (Å²) >= 11 is 1.53. The Morgan fingerprint density at radius 3 is 2.34 bits per heavy atom. The van der Waals surface area contributed by atoms with Gasteiger partial charge in [0.15, 0.2) is 0 Å². The molecule has 7 heteroatoms. The smallest absolute Gasteiger partial charge is 0.335 e. The summed E-state index contributed by atoms with van der Waals surface area (Å²) in [5.74, 6) is -1.21. The minimum absolute atomic E-state index is 0.125. The van der Waals surface area contributed by atoms with Crippen molar-refractivity contribution in [2.75, 3.05) is 0 Å². The van der Waals surface area contributed by atoms with Crippen molar-refractivity contribution < 1.29 is 14.8 Å². The van der Waals surface area contributed by atoms with Crippen LogP contribution in [0.5, 0.6) is 0 Å². The molecule has 0 bridgehead atoms. The van der Waals surface area contributed by atoms with Crippen molar-refractivity contribution in [2.45, 2.75) is 0 Å². The fourth-order valence-corrected chi connectivity index (χ4v) is 3.82. The van der Waals surface area contributed by atoms with Crippen molar-refractivity contribution in [1.29, 1.82) is 0 Å². The number of nitrogens with zero attached hydrogens (tertiary/aromatic N) is 2. The van der Waals surface area contributed by atoms with Crippen LogP contribution in [0.4, 0.5) is 5.69 Å². The Kier molecular flexibility index (Phi) is 4.88. The van der Waals surface area contributed by atoms with Gasteiger partial charge in [-0.15, -0.1) is 11.3 Å². The number of hydrogen-bond donors (Lipinski definition) is 1. The van der Waals surface area contributed by atoms with E-state index in [1.165, 1.54) is 23.5 Å². The summed E-state index contributed by atoms with van der Waals surface area (Å²) in [4.78, 5) is 26.6. The van der Waals surface area contributed by atoms with Gasteiger partial charge in [0.25, 0.3) is 5.69 Å². The summed E-state index contributed by atoms with van der Waals surface area (Å²) < 4.78 is 0. The average molecular weight is 402 g/mol. The zero-order valence-electron chi connectivity index (χ0n) is 15.0. The second-order valence-electron chi connectivity index (χ2n) is 6.32. The fourth-order valence-electron chi connectivity index (χ4n) is 2.98. The fraction of sp³-hybridized carbons (Fsp3) is 0. The number of rotatable bonds is 5. The quantitative estimate of drug-likeness (QED) is 0.339. The molecular formula is C22H14N2O4S. The van der Waals surface area contributed by atoms with Crippen LogP contribution in [-0.2, 0) is 0 Å². The maximum Gasteiger partial charge on any atom is 0.335 e. The summed E-state index contributed by atoms with van der Waals surface area (Å²) in [6.45, 7) is 0. The van der Waals surface area contributed by atoms with Crippen LogP contribution >= 0.6 is 11.3 Å². The van der Waals surface area contributed by atoms with Crippen LogP contribution < -0.4 is 0 Å². The van der Waals surface area contributed by atoms with E-state index in [0.29, 0.717) is 11.1 Å². The van der Waals surface area contributed by atoms with E-state index >= 15 is 0 Å². The monoisotopic (exact) mass is 402 g/mol. The molecule has 29 heavy (non-hydrogen) atoms. The SMILES string of the molecule is O=C(O)c1cc(-c2cccc(-c3csc(-c4ccccc4)n3)c2)cc([N+](=O)[O-])c1. The minimum Gasteiger partial charge on any atom is -0.478 e. The van der Waals surface area contributed by atoms with Crippen LogP contribution in [0.15, 0.2) is 78.2 Å². The number of hydrogen-bond acceptors (Lipinski definition) is 5. The van der Waals surface area contributed by atoms with E-state index in [-0.39, 0.29) is 11.3 Å². The summed E-state index contributed by atoms with van der Waals surface area (Å²) in [6.07, 6.45) is 0. The molecule has 0 radical (unpaired) electrons. The van der Waals surface area contributed by atoms with Gasteiger partial charge in [-0.25, -0.2) is 9.78 Å². The third-order valence-electron chi connectivity index (χ3n) is 4.39. The zero-order valence-corrected chi connectivity index (χ0v) is 15.8. The number of aromatic nitrogens is 1.